The summed E-state index contributed by atoms with van der Waals surface area (Å²) in [7, 11) is 0. The zero-order valence-corrected chi connectivity index (χ0v) is 10.9. The third-order valence-electron chi connectivity index (χ3n) is 3.17. The van der Waals surface area contributed by atoms with Gasteiger partial charge in [-0.25, -0.2) is 9.18 Å². The third kappa shape index (κ3) is 2.69. The maximum atomic E-state index is 12.9. The zero-order valence-electron chi connectivity index (χ0n) is 10.9. The molecule has 21 heavy (non-hydrogen) atoms. The fourth-order valence-corrected chi connectivity index (χ4v) is 2.09. The second kappa shape index (κ2) is 5.25. The Morgan fingerprint density at radius 3 is 2.43 bits per heavy atom. The first-order valence-corrected chi connectivity index (χ1v) is 6.32. The first-order chi connectivity index (χ1) is 10.1. The molecule has 0 spiro atoms. The normalized spacial score (nSPS) is 10.5. The van der Waals surface area contributed by atoms with E-state index in [-0.39, 0.29) is 11.4 Å². The second-order valence-electron chi connectivity index (χ2n) is 4.59. The molecule has 0 radical (unpaired) electrons. The summed E-state index contributed by atoms with van der Waals surface area (Å²) in [6.07, 6.45) is 1.57. The van der Waals surface area contributed by atoms with Crippen LogP contribution in [0.4, 0.5) is 4.39 Å². The summed E-state index contributed by atoms with van der Waals surface area (Å²) in [5, 5.41) is 9.00. The maximum absolute atomic E-state index is 12.9. The summed E-state index contributed by atoms with van der Waals surface area (Å²) in [6.45, 7) is 0. The summed E-state index contributed by atoms with van der Waals surface area (Å²) in [4.78, 5) is 11.0. The molecule has 0 aliphatic heterocycles. The first-order valence-electron chi connectivity index (χ1n) is 6.32. The van der Waals surface area contributed by atoms with Crippen molar-refractivity contribution >= 4 is 5.97 Å². The van der Waals surface area contributed by atoms with Crippen LogP contribution in [0.25, 0.3) is 22.5 Å². The quantitative estimate of drug-likeness (QED) is 0.772. The number of carboxylic acid groups (broad SMARTS) is 1. The van der Waals surface area contributed by atoms with Gasteiger partial charge in [-0.15, -0.1) is 0 Å². The van der Waals surface area contributed by atoms with Crippen LogP contribution in [0.5, 0.6) is 0 Å². The van der Waals surface area contributed by atoms with E-state index in [0.717, 1.165) is 11.1 Å². The van der Waals surface area contributed by atoms with Crippen molar-refractivity contribution in [1.29, 1.82) is 0 Å². The van der Waals surface area contributed by atoms with Crippen molar-refractivity contribution in [3.63, 3.8) is 0 Å². The van der Waals surface area contributed by atoms with Crippen molar-refractivity contribution < 1.29 is 18.7 Å². The van der Waals surface area contributed by atoms with Gasteiger partial charge in [0, 0.05) is 11.1 Å². The number of rotatable bonds is 3. The smallest absolute Gasteiger partial charge is 0.335 e. The lowest BCUT2D eigenvalue weighted by Crippen LogP contribution is -1.95. The lowest BCUT2D eigenvalue weighted by atomic mass is 10.1. The Hall–Kier alpha value is -2.88. The van der Waals surface area contributed by atoms with Gasteiger partial charge in [0.15, 0.2) is 0 Å². The molecule has 3 aromatic rings. The molecule has 0 saturated carbocycles. The van der Waals surface area contributed by atoms with E-state index in [1.165, 1.54) is 18.2 Å². The highest BCUT2D eigenvalue weighted by Gasteiger charge is 2.09. The number of halogens is 1. The summed E-state index contributed by atoms with van der Waals surface area (Å²) >= 11 is 0. The SMILES string of the molecule is O=C(O)c1cccc(-c2cc(-c3ccc(F)cc3)co2)c1. The second-order valence-corrected chi connectivity index (χ2v) is 4.59. The van der Waals surface area contributed by atoms with E-state index in [1.807, 2.05) is 0 Å². The molecule has 1 aromatic heterocycles. The van der Waals surface area contributed by atoms with E-state index >= 15 is 0 Å². The average Bonchev–Trinajstić information content (AvgIpc) is 2.98. The molecule has 0 amide bonds. The van der Waals surface area contributed by atoms with Gasteiger partial charge in [-0.1, -0.05) is 24.3 Å². The van der Waals surface area contributed by atoms with E-state index in [4.69, 9.17) is 9.52 Å². The van der Waals surface area contributed by atoms with Crippen molar-refractivity contribution in [2.75, 3.05) is 0 Å². The van der Waals surface area contributed by atoms with Gasteiger partial charge < -0.3 is 9.52 Å². The molecule has 1 N–H and O–H groups in total. The molecule has 0 saturated heterocycles. The lowest BCUT2D eigenvalue weighted by molar-refractivity contribution is 0.0697. The predicted molar refractivity (Wildman–Crippen MR) is 76.5 cm³/mol. The van der Waals surface area contributed by atoms with E-state index < -0.39 is 5.97 Å². The minimum atomic E-state index is -0.984. The van der Waals surface area contributed by atoms with Crippen molar-refractivity contribution in [2.45, 2.75) is 0 Å². The van der Waals surface area contributed by atoms with Crippen LogP contribution in [0, 0.1) is 5.82 Å². The molecule has 104 valence electrons. The molecule has 2 aromatic carbocycles. The zero-order chi connectivity index (χ0) is 14.8. The topological polar surface area (TPSA) is 50.4 Å². The Morgan fingerprint density at radius 2 is 1.71 bits per heavy atom. The summed E-state index contributed by atoms with van der Waals surface area (Å²) in [5.74, 6) is -0.712. The molecule has 1 heterocycles. The van der Waals surface area contributed by atoms with Crippen LogP contribution in [0.1, 0.15) is 10.4 Å². The van der Waals surface area contributed by atoms with Crippen LogP contribution in [0.3, 0.4) is 0 Å². The highest BCUT2D eigenvalue weighted by atomic mass is 19.1. The Labute approximate surface area is 120 Å². The fourth-order valence-electron chi connectivity index (χ4n) is 2.09. The van der Waals surface area contributed by atoms with Crippen molar-refractivity contribution in [3.05, 3.63) is 72.2 Å². The largest absolute Gasteiger partial charge is 0.478 e. The highest BCUT2D eigenvalue weighted by molar-refractivity contribution is 5.89. The molecular formula is C17H11FO3. The molecule has 3 nitrogen and oxygen atoms in total. The average molecular weight is 282 g/mol. The molecule has 0 fully saturated rings. The highest BCUT2D eigenvalue weighted by Crippen LogP contribution is 2.29. The monoisotopic (exact) mass is 282 g/mol. The van der Waals surface area contributed by atoms with Crippen molar-refractivity contribution in [2.24, 2.45) is 0 Å². The molecule has 0 aliphatic rings. The Kier molecular flexibility index (Phi) is 3.28. The molecule has 4 heteroatoms. The van der Waals surface area contributed by atoms with Crippen LogP contribution in [0.15, 0.2) is 65.3 Å². The van der Waals surface area contributed by atoms with Gasteiger partial charge >= 0.3 is 5.97 Å². The third-order valence-corrected chi connectivity index (χ3v) is 3.17. The predicted octanol–water partition coefficient (Wildman–Crippen LogP) is 4.45. The summed E-state index contributed by atoms with van der Waals surface area (Å²) in [6, 6.07) is 14.4. The van der Waals surface area contributed by atoms with Crippen LogP contribution >= 0.6 is 0 Å². The maximum Gasteiger partial charge on any atom is 0.335 e. The number of carboxylic acids is 1. The number of carbonyl (C=O) groups is 1. The molecular weight excluding hydrogens is 271 g/mol. The van der Waals surface area contributed by atoms with Crippen molar-refractivity contribution in [1.82, 2.24) is 0 Å². The van der Waals surface area contributed by atoms with Gasteiger partial charge in [0.05, 0.1) is 11.8 Å². The lowest BCUT2D eigenvalue weighted by Gasteiger charge is -1.98. The number of furan rings is 1. The van der Waals surface area contributed by atoms with Crippen LogP contribution in [-0.2, 0) is 0 Å². The Bertz CT molecular complexity index is 788. The fraction of sp³-hybridized carbons (Fsp3) is 0. The number of aromatic carboxylic acids is 1. The number of benzene rings is 2. The minimum Gasteiger partial charge on any atom is -0.478 e. The van der Waals surface area contributed by atoms with E-state index in [2.05, 4.69) is 0 Å². The standard InChI is InChI=1S/C17H11FO3/c18-15-6-4-11(5-7-15)14-9-16(21-10-14)12-2-1-3-13(8-12)17(19)20/h1-10H,(H,19,20). The minimum absolute atomic E-state index is 0.201. The molecule has 0 unspecified atom stereocenters. The Morgan fingerprint density at radius 1 is 0.952 bits per heavy atom. The van der Waals surface area contributed by atoms with Crippen LogP contribution in [0.2, 0.25) is 0 Å². The van der Waals surface area contributed by atoms with Gasteiger partial charge in [0.1, 0.15) is 11.6 Å². The molecule has 0 bridgehead atoms. The summed E-state index contributed by atoms with van der Waals surface area (Å²) in [5.41, 5.74) is 2.53. The molecule has 0 atom stereocenters. The van der Waals surface area contributed by atoms with E-state index in [0.29, 0.717) is 11.3 Å². The number of hydrogen-bond donors (Lipinski definition) is 1. The van der Waals surface area contributed by atoms with Gasteiger partial charge in [0.25, 0.3) is 0 Å². The van der Waals surface area contributed by atoms with E-state index in [1.54, 1.807) is 42.7 Å². The van der Waals surface area contributed by atoms with Crippen LogP contribution < -0.4 is 0 Å². The van der Waals surface area contributed by atoms with Gasteiger partial charge in [-0.2, -0.15) is 0 Å². The van der Waals surface area contributed by atoms with Crippen molar-refractivity contribution in [3.8, 4) is 22.5 Å². The summed E-state index contributed by atoms with van der Waals surface area (Å²) < 4.78 is 18.4. The molecule has 3 rings (SSSR count). The Balaban J connectivity index is 1.96. The number of hydrogen-bond acceptors (Lipinski definition) is 2. The van der Waals surface area contributed by atoms with Gasteiger partial charge in [-0.05, 0) is 35.9 Å². The first kappa shape index (κ1) is 13.1. The van der Waals surface area contributed by atoms with Gasteiger partial charge in [0.2, 0.25) is 0 Å². The van der Waals surface area contributed by atoms with Gasteiger partial charge in [-0.3, -0.25) is 0 Å². The molecule has 0 aliphatic carbocycles. The van der Waals surface area contributed by atoms with E-state index in [9.17, 15) is 9.18 Å². The van der Waals surface area contributed by atoms with Crippen LogP contribution in [-0.4, -0.2) is 11.1 Å².